The summed E-state index contributed by atoms with van der Waals surface area (Å²) >= 11 is 0. The Morgan fingerprint density at radius 2 is 2.26 bits per heavy atom. The number of nitrogens with zero attached hydrogens (tertiary/aromatic N) is 2. The molecule has 2 unspecified atom stereocenters. The molecule has 19 heavy (non-hydrogen) atoms. The summed E-state index contributed by atoms with van der Waals surface area (Å²) < 4.78 is 5.27. The molecule has 0 aromatic carbocycles. The second kappa shape index (κ2) is 7.19. The van der Waals surface area contributed by atoms with E-state index in [2.05, 4.69) is 10.2 Å². The largest absolute Gasteiger partial charge is 0.390 e. The molecule has 6 nitrogen and oxygen atoms in total. The van der Waals surface area contributed by atoms with Crippen molar-refractivity contribution in [2.45, 2.75) is 25.0 Å². The minimum Gasteiger partial charge on any atom is -0.390 e. The highest BCUT2D eigenvalue weighted by Crippen LogP contribution is 2.08. The highest BCUT2D eigenvalue weighted by atomic mass is 16.5. The van der Waals surface area contributed by atoms with Crippen LogP contribution in [0.2, 0.25) is 0 Å². The molecule has 2 N–H and O–H groups in total. The van der Waals surface area contributed by atoms with Crippen molar-refractivity contribution < 1.29 is 14.6 Å². The SMILES string of the molecule is CN(CC(O)CN1CCOCC1)C(=O)C1CCCN1. The predicted octanol–water partition coefficient (Wildman–Crippen LogP) is -1.11. The van der Waals surface area contributed by atoms with Crippen molar-refractivity contribution in [2.24, 2.45) is 0 Å². The van der Waals surface area contributed by atoms with Crippen molar-refractivity contribution in [3.05, 3.63) is 0 Å². The monoisotopic (exact) mass is 271 g/mol. The minimum absolute atomic E-state index is 0.0550. The van der Waals surface area contributed by atoms with Gasteiger partial charge in [0.1, 0.15) is 0 Å². The third kappa shape index (κ3) is 4.42. The number of carbonyl (C=O) groups excluding carboxylic acids is 1. The lowest BCUT2D eigenvalue weighted by atomic mass is 10.2. The maximum absolute atomic E-state index is 12.1. The van der Waals surface area contributed by atoms with E-state index in [1.54, 1.807) is 11.9 Å². The molecule has 2 fully saturated rings. The Morgan fingerprint density at radius 1 is 1.53 bits per heavy atom. The summed E-state index contributed by atoms with van der Waals surface area (Å²) in [6.07, 6.45) is 1.47. The highest BCUT2D eigenvalue weighted by molar-refractivity contribution is 5.81. The lowest BCUT2D eigenvalue weighted by Crippen LogP contribution is -2.48. The zero-order valence-corrected chi connectivity index (χ0v) is 11.7. The third-order valence-corrected chi connectivity index (χ3v) is 3.79. The molecule has 0 saturated carbocycles. The molecule has 2 heterocycles. The molecule has 2 aliphatic heterocycles. The quantitative estimate of drug-likeness (QED) is 0.664. The molecule has 2 aliphatic rings. The number of β-amino-alcohol motifs (C(OH)–C–C–N with tert-alkyl or cyclic N) is 1. The molecule has 2 atom stereocenters. The molecule has 110 valence electrons. The van der Waals surface area contributed by atoms with Crippen molar-refractivity contribution in [1.82, 2.24) is 15.1 Å². The van der Waals surface area contributed by atoms with Crippen LogP contribution in [0.5, 0.6) is 0 Å². The van der Waals surface area contributed by atoms with Gasteiger partial charge < -0.3 is 20.1 Å². The van der Waals surface area contributed by atoms with E-state index >= 15 is 0 Å². The molecular formula is C13H25N3O3. The zero-order chi connectivity index (χ0) is 13.7. The van der Waals surface area contributed by atoms with Crippen LogP contribution in [0.1, 0.15) is 12.8 Å². The summed E-state index contributed by atoms with van der Waals surface area (Å²) in [7, 11) is 1.77. The summed E-state index contributed by atoms with van der Waals surface area (Å²) in [5, 5.41) is 13.3. The molecule has 2 rings (SSSR count). The Hall–Kier alpha value is -0.690. The topological polar surface area (TPSA) is 65.0 Å². The molecule has 0 aromatic heterocycles. The van der Waals surface area contributed by atoms with Gasteiger partial charge in [0.25, 0.3) is 0 Å². The van der Waals surface area contributed by atoms with Crippen LogP contribution in [0.4, 0.5) is 0 Å². The Bertz CT molecular complexity index is 289. The van der Waals surface area contributed by atoms with Crippen LogP contribution in [0.15, 0.2) is 0 Å². The number of hydrogen-bond donors (Lipinski definition) is 2. The number of hydrogen-bond acceptors (Lipinski definition) is 5. The average molecular weight is 271 g/mol. The van der Waals surface area contributed by atoms with E-state index in [1.165, 1.54) is 0 Å². The average Bonchev–Trinajstić information content (AvgIpc) is 2.92. The van der Waals surface area contributed by atoms with Crippen LogP contribution in [0.3, 0.4) is 0 Å². The van der Waals surface area contributed by atoms with Crippen LogP contribution in [-0.4, -0.2) is 85.9 Å². The fourth-order valence-corrected chi connectivity index (χ4v) is 2.71. The molecule has 1 amide bonds. The molecule has 0 radical (unpaired) electrons. The number of ether oxygens (including phenoxy) is 1. The van der Waals surface area contributed by atoms with Crippen LogP contribution in [-0.2, 0) is 9.53 Å². The first-order valence-electron chi connectivity index (χ1n) is 7.13. The van der Waals surface area contributed by atoms with Gasteiger partial charge in [0.15, 0.2) is 0 Å². The molecule has 0 bridgehead atoms. The molecule has 0 aromatic rings. The standard InChI is InChI=1S/C13H25N3O3/c1-15(13(18)12-3-2-4-14-12)9-11(17)10-16-5-7-19-8-6-16/h11-12,14,17H,2-10H2,1H3. The number of nitrogens with one attached hydrogen (secondary N) is 1. The summed E-state index contributed by atoms with van der Waals surface area (Å²) in [6, 6.07) is -0.0550. The van der Waals surface area contributed by atoms with E-state index in [4.69, 9.17) is 4.74 Å². The Balaban J connectivity index is 1.70. The van der Waals surface area contributed by atoms with E-state index in [1.807, 2.05) is 0 Å². The third-order valence-electron chi connectivity index (χ3n) is 3.79. The van der Waals surface area contributed by atoms with Crippen molar-refractivity contribution in [3.63, 3.8) is 0 Å². The molecular weight excluding hydrogens is 246 g/mol. The molecule has 0 spiro atoms. The van der Waals surface area contributed by atoms with Gasteiger partial charge in [-0.2, -0.15) is 0 Å². The predicted molar refractivity (Wildman–Crippen MR) is 71.9 cm³/mol. The van der Waals surface area contributed by atoms with E-state index in [0.717, 1.165) is 45.7 Å². The second-order valence-corrected chi connectivity index (χ2v) is 5.43. The van der Waals surface area contributed by atoms with Crippen molar-refractivity contribution in [2.75, 3.05) is 53.0 Å². The number of morpholine rings is 1. The summed E-state index contributed by atoms with van der Waals surface area (Å²) in [5.41, 5.74) is 0. The van der Waals surface area contributed by atoms with Gasteiger partial charge in [0.2, 0.25) is 5.91 Å². The number of carbonyl (C=O) groups is 1. The van der Waals surface area contributed by atoms with Gasteiger partial charge in [-0.05, 0) is 19.4 Å². The zero-order valence-electron chi connectivity index (χ0n) is 11.7. The Kier molecular flexibility index (Phi) is 5.57. The number of likely N-dealkylation sites (N-methyl/N-ethyl adjacent to an activating group) is 1. The minimum atomic E-state index is -0.492. The normalized spacial score (nSPS) is 26.3. The number of aliphatic hydroxyl groups is 1. The summed E-state index contributed by atoms with van der Waals surface area (Å²) in [5.74, 6) is 0.0959. The van der Waals surface area contributed by atoms with Crippen LogP contribution in [0.25, 0.3) is 0 Å². The lowest BCUT2D eigenvalue weighted by Gasteiger charge is -2.30. The summed E-state index contributed by atoms with van der Waals surface area (Å²) in [6.45, 7) is 5.10. The maximum atomic E-state index is 12.1. The van der Waals surface area contributed by atoms with Gasteiger partial charge >= 0.3 is 0 Å². The van der Waals surface area contributed by atoms with E-state index in [-0.39, 0.29) is 11.9 Å². The molecule has 0 aliphatic carbocycles. The van der Waals surface area contributed by atoms with Gasteiger partial charge in [0, 0.05) is 33.2 Å². The van der Waals surface area contributed by atoms with Crippen LogP contribution < -0.4 is 5.32 Å². The Morgan fingerprint density at radius 3 is 2.89 bits per heavy atom. The smallest absolute Gasteiger partial charge is 0.239 e. The number of amides is 1. The molecule has 6 heteroatoms. The maximum Gasteiger partial charge on any atom is 0.239 e. The highest BCUT2D eigenvalue weighted by Gasteiger charge is 2.26. The second-order valence-electron chi connectivity index (χ2n) is 5.43. The van der Waals surface area contributed by atoms with Gasteiger partial charge in [-0.15, -0.1) is 0 Å². The first kappa shape index (κ1) is 14.7. The fraction of sp³-hybridized carbons (Fsp3) is 0.923. The van der Waals surface area contributed by atoms with Crippen LogP contribution in [0, 0.1) is 0 Å². The van der Waals surface area contributed by atoms with E-state index < -0.39 is 6.10 Å². The number of rotatable bonds is 5. The van der Waals surface area contributed by atoms with Crippen LogP contribution >= 0.6 is 0 Å². The van der Waals surface area contributed by atoms with E-state index in [9.17, 15) is 9.90 Å². The Labute approximate surface area is 114 Å². The van der Waals surface area contributed by atoms with Gasteiger partial charge in [-0.1, -0.05) is 0 Å². The van der Waals surface area contributed by atoms with Crippen molar-refractivity contribution in [3.8, 4) is 0 Å². The first-order chi connectivity index (χ1) is 9.16. The van der Waals surface area contributed by atoms with Crippen molar-refractivity contribution >= 4 is 5.91 Å². The van der Waals surface area contributed by atoms with Crippen molar-refractivity contribution in [1.29, 1.82) is 0 Å². The first-order valence-corrected chi connectivity index (χ1v) is 7.13. The molecule has 2 saturated heterocycles. The van der Waals surface area contributed by atoms with Gasteiger partial charge in [-0.25, -0.2) is 0 Å². The van der Waals surface area contributed by atoms with Gasteiger partial charge in [0.05, 0.1) is 25.4 Å². The van der Waals surface area contributed by atoms with Gasteiger partial charge in [-0.3, -0.25) is 9.69 Å². The summed E-state index contributed by atoms with van der Waals surface area (Å²) in [4.78, 5) is 15.9. The fourth-order valence-electron chi connectivity index (χ4n) is 2.71. The van der Waals surface area contributed by atoms with E-state index in [0.29, 0.717) is 13.1 Å². The lowest BCUT2D eigenvalue weighted by molar-refractivity contribution is -0.133. The number of aliphatic hydroxyl groups excluding tert-OH is 1.